The molecule has 1 aromatic rings. The first-order valence-corrected chi connectivity index (χ1v) is 6.33. The monoisotopic (exact) mass is 222 g/mol. The second-order valence-electron chi connectivity index (χ2n) is 5.17. The topological polar surface area (TPSA) is 38.1 Å². The van der Waals surface area contributed by atoms with Crippen molar-refractivity contribution in [1.29, 1.82) is 0 Å². The van der Waals surface area contributed by atoms with Gasteiger partial charge < -0.3 is 9.73 Å². The summed E-state index contributed by atoms with van der Waals surface area (Å²) in [5.41, 5.74) is 1.21. The molecule has 0 amide bonds. The van der Waals surface area contributed by atoms with Crippen LogP contribution < -0.4 is 5.32 Å². The van der Waals surface area contributed by atoms with E-state index in [9.17, 15) is 0 Å². The molecular weight excluding hydrogens is 200 g/mol. The normalized spacial score (nSPS) is 18.2. The number of hydrogen-bond acceptors (Lipinski definition) is 3. The molecule has 1 aromatic heterocycles. The van der Waals surface area contributed by atoms with Crippen LogP contribution in [0.1, 0.15) is 50.0 Å². The first kappa shape index (κ1) is 11.6. The fourth-order valence-corrected chi connectivity index (χ4v) is 2.38. The Kier molecular flexibility index (Phi) is 3.64. The van der Waals surface area contributed by atoms with Crippen LogP contribution >= 0.6 is 0 Å². The van der Waals surface area contributed by atoms with Gasteiger partial charge >= 0.3 is 0 Å². The second-order valence-corrected chi connectivity index (χ2v) is 5.17. The maximum absolute atomic E-state index is 5.75. The van der Waals surface area contributed by atoms with E-state index in [1.807, 2.05) is 6.92 Å². The van der Waals surface area contributed by atoms with Crippen molar-refractivity contribution in [2.24, 2.45) is 5.92 Å². The molecule has 2 rings (SSSR count). The Morgan fingerprint density at radius 3 is 2.69 bits per heavy atom. The number of piperidine rings is 1. The average Bonchev–Trinajstić information content (AvgIpc) is 2.60. The third kappa shape index (κ3) is 2.64. The van der Waals surface area contributed by atoms with Crippen molar-refractivity contribution in [3.05, 3.63) is 17.3 Å². The van der Waals surface area contributed by atoms with E-state index in [4.69, 9.17) is 4.42 Å². The van der Waals surface area contributed by atoms with Gasteiger partial charge in [-0.3, -0.25) is 0 Å². The molecule has 0 radical (unpaired) electrons. The second kappa shape index (κ2) is 5.00. The number of aromatic nitrogens is 1. The maximum atomic E-state index is 5.75. The van der Waals surface area contributed by atoms with Gasteiger partial charge in [-0.05, 0) is 38.8 Å². The zero-order valence-electron chi connectivity index (χ0n) is 10.5. The fraction of sp³-hybridized carbons (Fsp3) is 0.769. The van der Waals surface area contributed by atoms with Gasteiger partial charge in [-0.25, -0.2) is 4.98 Å². The van der Waals surface area contributed by atoms with Crippen LogP contribution in [0.4, 0.5) is 0 Å². The summed E-state index contributed by atoms with van der Waals surface area (Å²) in [5.74, 6) is 3.16. The summed E-state index contributed by atoms with van der Waals surface area (Å²) in [6.45, 7) is 8.66. The standard InChI is InChI=1S/C13H22N2O/c1-9(2)8-12-15-13(10(3)16-12)11-4-6-14-7-5-11/h9,11,14H,4-8H2,1-3H3. The summed E-state index contributed by atoms with van der Waals surface area (Å²) < 4.78 is 5.75. The predicted molar refractivity (Wildman–Crippen MR) is 64.6 cm³/mol. The van der Waals surface area contributed by atoms with E-state index in [1.54, 1.807) is 0 Å². The Hall–Kier alpha value is -0.830. The van der Waals surface area contributed by atoms with Crippen LogP contribution in [0.25, 0.3) is 0 Å². The lowest BCUT2D eigenvalue weighted by atomic mass is 9.94. The summed E-state index contributed by atoms with van der Waals surface area (Å²) >= 11 is 0. The van der Waals surface area contributed by atoms with Crippen molar-refractivity contribution in [2.75, 3.05) is 13.1 Å². The Bertz CT molecular complexity index is 338. The quantitative estimate of drug-likeness (QED) is 0.854. The van der Waals surface area contributed by atoms with Crippen molar-refractivity contribution in [2.45, 2.75) is 46.0 Å². The van der Waals surface area contributed by atoms with E-state index >= 15 is 0 Å². The molecule has 0 spiro atoms. The molecular formula is C13H22N2O. The molecule has 0 saturated carbocycles. The van der Waals surface area contributed by atoms with Gasteiger partial charge in [0.1, 0.15) is 5.76 Å². The van der Waals surface area contributed by atoms with Gasteiger partial charge in [0, 0.05) is 12.3 Å². The van der Waals surface area contributed by atoms with Gasteiger partial charge in [0.2, 0.25) is 0 Å². The molecule has 1 fully saturated rings. The minimum atomic E-state index is 0.603. The average molecular weight is 222 g/mol. The molecule has 3 nitrogen and oxygen atoms in total. The number of rotatable bonds is 3. The number of hydrogen-bond donors (Lipinski definition) is 1. The van der Waals surface area contributed by atoms with Crippen LogP contribution in [0.3, 0.4) is 0 Å². The zero-order valence-corrected chi connectivity index (χ0v) is 10.5. The van der Waals surface area contributed by atoms with E-state index in [1.165, 1.54) is 18.5 Å². The van der Waals surface area contributed by atoms with Crippen molar-refractivity contribution in [3.63, 3.8) is 0 Å². The van der Waals surface area contributed by atoms with Gasteiger partial charge in [0.05, 0.1) is 5.69 Å². The van der Waals surface area contributed by atoms with Crippen molar-refractivity contribution in [1.82, 2.24) is 10.3 Å². The van der Waals surface area contributed by atoms with Gasteiger partial charge in [0.15, 0.2) is 5.89 Å². The van der Waals surface area contributed by atoms with Crippen LogP contribution in [0, 0.1) is 12.8 Å². The molecule has 1 aliphatic heterocycles. The Labute approximate surface area is 97.6 Å². The lowest BCUT2D eigenvalue weighted by Gasteiger charge is -2.20. The lowest BCUT2D eigenvalue weighted by molar-refractivity contribution is 0.432. The molecule has 1 saturated heterocycles. The molecule has 0 aliphatic carbocycles. The molecule has 0 atom stereocenters. The van der Waals surface area contributed by atoms with Gasteiger partial charge in [-0.2, -0.15) is 0 Å². The van der Waals surface area contributed by atoms with E-state index < -0.39 is 0 Å². The van der Waals surface area contributed by atoms with Crippen LogP contribution in [0.15, 0.2) is 4.42 Å². The smallest absolute Gasteiger partial charge is 0.194 e. The van der Waals surface area contributed by atoms with Crippen molar-refractivity contribution in [3.8, 4) is 0 Å². The lowest BCUT2D eigenvalue weighted by Crippen LogP contribution is -2.27. The summed E-state index contributed by atoms with van der Waals surface area (Å²) in [6, 6.07) is 0. The largest absolute Gasteiger partial charge is 0.446 e. The highest BCUT2D eigenvalue weighted by molar-refractivity contribution is 5.15. The molecule has 0 aromatic carbocycles. The SMILES string of the molecule is Cc1oc(CC(C)C)nc1C1CCNCC1. The minimum Gasteiger partial charge on any atom is -0.446 e. The highest BCUT2D eigenvalue weighted by Crippen LogP contribution is 2.28. The molecule has 0 unspecified atom stereocenters. The van der Waals surface area contributed by atoms with Gasteiger partial charge in [0.25, 0.3) is 0 Å². The summed E-state index contributed by atoms with van der Waals surface area (Å²) in [4.78, 5) is 4.68. The first-order valence-electron chi connectivity index (χ1n) is 6.33. The molecule has 16 heavy (non-hydrogen) atoms. The first-order chi connectivity index (χ1) is 7.66. The molecule has 1 aliphatic rings. The third-order valence-corrected chi connectivity index (χ3v) is 3.19. The van der Waals surface area contributed by atoms with Crippen LogP contribution in [-0.2, 0) is 6.42 Å². The van der Waals surface area contributed by atoms with Crippen LogP contribution in [0.5, 0.6) is 0 Å². The fourth-order valence-electron chi connectivity index (χ4n) is 2.38. The molecule has 3 heteroatoms. The highest BCUT2D eigenvalue weighted by Gasteiger charge is 2.21. The van der Waals surface area contributed by atoms with E-state index in [2.05, 4.69) is 24.1 Å². The van der Waals surface area contributed by atoms with E-state index in [-0.39, 0.29) is 0 Å². The molecule has 2 heterocycles. The number of nitrogens with zero attached hydrogens (tertiary/aromatic N) is 1. The predicted octanol–water partition coefficient (Wildman–Crippen LogP) is 2.65. The Morgan fingerprint density at radius 1 is 1.38 bits per heavy atom. The van der Waals surface area contributed by atoms with Crippen molar-refractivity contribution < 1.29 is 4.42 Å². The molecule has 90 valence electrons. The molecule has 0 bridgehead atoms. The molecule has 1 N–H and O–H groups in total. The van der Waals surface area contributed by atoms with Gasteiger partial charge in [-0.15, -0.1) is 0 Å². The van der Waals surface area contributed by atoms with Crippen LogP contribution in [-0.4, -0.2) is 18.1 Å². The third-order valence-electron chi connectivity index (χ3n) is 3.19. The Morgan fingerprint density at radius 2 is 2.06 bits per heavy atom. The van der Waals surface area contributed by atoms with Crippen molar-refractivity contribution >= 4 is 0 Å². The number of aryl methyl sites for hydroxylation is 1. The zero-order chi connectivity index (χ0) is 11.5. The maximum Gasteiger partial charge on any atom is 0.194 e. The van der Waals surface area contributed by atoms with Crippen LogP contribution in [0.2, 0.25) is 0 Å². The van der Waals surface area contributed by atoms with E-state index in [0.29, 0.717) is 11.8 Å². The Balaban J connectivity index is 2.10. The minimum absolute atomic E-state index is 0.603. The number of nitrogens with one attached hydrogen (secondary N) is 1. The van der Waals surface area contributed by atoms with E-state index in [0.717, 1.165) is 31.2 Å². The summed E-state index contributed by atoms with van der Waals surface area (Å²) in [5, 5.41) is 3.38. The summed E-state index contributed by atoms with van der Waals surface area (Å²) in [6.07, 6.45) is 3.33. The van der Waals surface area contributed by atoms with Gasteiger partial charge in [-0.1, -0.05) is 13.8 Å². The number of oxazole rings is 1. The summed E-state index contributed by atoms with van der Waals surface area (Å²) in [7, 11) is 0. The highest BCUT2D eigenvalue weighted by atomic mass is 16.4.